The molecule has 0 radical (unpaired) electrons. The van der Waals surface area contributed by atoms with Crippen LogP contribution in [0.25, 0.3) is 11.5 Å². The van der Waals surface area contributed by atoms with Crippen LogP contribution in [0.3, 0.4) is 0 Å². The Bertz CT molecular complexity index is 596. The molecular formula is C17H23N3O3. The number of aromatic nitrogens is 2. The van der Waals surface area contributed by atoms with Crippen LogP contribution in [0.15, 0.2) is 34.9 Å². The van der Waals surface area contributed by atoms with Crippen LogP contribution in [0.1, 0.15) is 31.6 Å². The summed E-state index contributed by atoms with van der Waals surface area (Å²) in [6.07, 6.45) is 2.33. The standard InChI is InChI=1S/C17H23N3O3/c1-12(18-14(11-21-2)15-9-6-10-22-15)16-19-17(23-20-16)13-7-4-3-5-8-13/h3-5,7-8,12,14-15,18H,6,9-11H2,1-2H3/t12-,14-,15-/m0/s1. The Labute approximate surface area is 136 Å². The van der Waals surface area contributed by atoms with E-state index >= 15 is 0 Å². The van der Waals surface area contributed by atoms with Crippen molar-refractivity contribution in [1.82, 2.24) is 15.5 Å². The fourth-order valence-corrected chi connectivity index (χ4v) is 2.87. The minimum atomic E-state index is -0.0411. The Morgan fingerprint density at radius 3 is 2.87 bits per heavy atom. The van der Waals surface area contributed by atoms with Crippen molar-refractivity contribution in [2.45, 2.75) is 38.0 Å². The number of nitrogens with zero attached hydrogens (tertiary/aromatic N) is 2. The molecule has 2 aromatic rings. The number of hydrogen-bond acceptors (Lipinski definition) is 6. The van der Waals surface area contributed by atoms with E-state index in [9.17, 15) is 0 Å². The van der Waals surface area contributed by atoms with Gasteiger partial charge in [-0.25, -0.2) is 0 Å². The molecule has 23 heavy (non-hydrogen) atoms. The van der Waals surface area contributed by atoms with E-state index in [0.29, 0.717) is 18.3 Å². The minimum Gasteiger partial charge on any atom is -0.383 e. The van der Waals surface area contributed by atoms with Crippen LogP contribution in [-0.2, 0) is 9.47 Å². The average Bonchev–Trinajstić information content (AvgIpc) is 3.27. The molecule has 0 aliphatic carbocycles. The van der Waals surface area contributed by atoms with E-state index in [1.165, 1.54) is 0 Å². The molecule has 1 aliphatic heterocycles. The predicted octanol–water partition coefficient (Wildman–Crippen LogP) is 2.58. The van der Waals surface area contributed by atoms with Crippen molar-refractivity contribution in [2.75, 3.05) is 20.3 Å². The summed E-state index contributed by atoms with van der Waals surface area (Å²) in [6.45, 7) is 3.44. The van der Waals surface area contributed by atoms with Gasteiger partial charge in [0.05, 0.1) is 24.8 Å². The summed E-state index contributed by atoms with van der Waals surface area (Å²) in [5, 5.41) is 7.61. The molecule has 1 aliphatic rings. The molecule has 0 bridgehead atoms. The third-order valence-electron chi connectivity index (χ3n) is 4.07. The maximum absolute atomic E-state index is 5.77. The van der Waals surface area contributed by atoms with Gasteiger partial charge in [0.2, 0.25) is 0 Å². The topological polar surface area (TPSA) is 69.4 Å². The molecule has 2 heterocycles. The summed E-state index contributed by atoms with van der Waals surface area (Å²) in [5.41, 5.74) is 0.922. The van der Waals surface area contributed by atoms with Crippen LogP contribution in [0.5, 0.6) is 0 Å². The third-order valence-corrected chi connectivity index (χ3v) is 4.07. The molecule has 0 saturated carbocycles. The van der Waals surface area contributed by atoms with Gasteiger partial charge in [-0.1, -0.05) is 23.4 Å². The molecule has 1 N–H and O–H groups in total. The number of nitrogens with one attached hydrogen (secondary N) is 1. The second kappa shape index (κ2) is 7.68. The monoisotopic (exact) mass is 317 g/mol. The summed E-state index contributed by atoms with van der Waals surface area (Å²) in [7, 11) is 1.70. The normalized spacial score (nSPS) is 20.5. The summed E-state index contributed by atoms with van der Waals surface area (Å²) in [4.78, 5) is 4.50. The lowest BCUT2D eigenvalue weighted by Gasteiger charge is -2.25. The van der Waals surface area contributed by atoms with E-state index in [1.54, 1.807) is 7.11 Å². The molecule has 6 nitrogen and oxygen atoms in total. The predicted molar refractivity (Wildman–Crippen MR) is 85.9 cm³/mol. The van der Waals surface area contributed by atoms with Crippen LogP contribution in [0, 0.1) is 0 Å². The van der Waals surface area contributed by atoms with Crippen molar-refractivity contribution in [1.29, 1.82) is 0 Å². The molecule has 0 amide bonds. The molecule has 0 spiro atoms. The Morgan fingerprint density at radius 2 is 2.17 bits per heavy atom. The first-order valence-electron chi connectivity index (χ1n) is 8.03. The van der Waals surface area contributed by atoms with Crippen LogP contribution in [0.4, 0.5) is 0 Å². The summed E-state index contributed by atoms with van der Waals surface area (Å²) < 4.78 is 16.5. The van der Waals surface area contributed by atoms with Crippen molar-refractivity contribution in [3.63, 3.8) is 0 Å². The maximum Gasteiger partial charge on any atom is 0.257 e. The van der Waals surface area contributed by atoms with E-state index in [-0.39, 0.29) is 18.2 Å². The number of ether oxygens (including phenoxy) is 2. The van der Waals surface area contributed by atoms with Gasteiger partial charge < -0.3 is 14.0 Å². The molecule has 1 saturated heterocycles. The van der Waals surface area contributed by atoms with Gasteiger partial charge in [-0.15, -0.1) is 0 Å². The number of benzene rings is 1. The molecule has 0 unspecified atom stereocenters. The molecule has 6 heteroatoms. The molecule has 3 atom stereocenters. The first kappa shape index (κ1) is 16.1. The van der Waals surface area contributed by atoms with E-state index in [2.05, 4.69) is 15.5 Å². The maximum atomic E-state index is 5.77. The number of methoxy groups -OCH3 is 1. The Balaban J connectivity index is 1.67. The van der Waals surface area contributed by atoms with Crippen molar-refractivity contribution in [3.8, 4) is 11.5 Å². The van der Waals surface area contributed by atoms with Gasteiger partial charge in [-0.05, 0) is 31.9 Å². The molecule has 124 valence electrons. The first-order chi connectivity index (χ1) is 11.3. The minimum absolute atomic E-state index is 0.0411. The van der Waals surface area contributed by atoms with E-state index in [1.807, 2.05) is 37.3 Å². The second-order valence-corrected chi connectivity index (χ2v) is 5.83. The fraction of sp³-hybridized carbons (Fsp3) is 0.529. The Kier molecular flexibility index (Phi) is 5.38. The molecule has 1 fully saturated rings. The molecule has 1 aromatic heterocycles. The van der Waals surface area contributed by atoms with Crippen LogP contribution >= 0.6 is 0 Å². The van der Waals surface area contributed by atoms with Crippen LogP contribution in [0.2, 0.25) is 0 Å². The highest BCUT2D eigenvalue weighted by molar-refractivity contribution is 5.52. The fourth-order valence-electron chi connectivity index (χ4n) is 2.87. The van der Waals surface area contributed by atoms with Gasteiger partial charge >= 0.3 is 0 Å². The van der Waals surface area contributed by atoms with Crippen LogP contribution in [-0.4, -0.2) is 42.6 Å². The Morgan fingerprint density at radius 1 is 1.35 bits per heavy atom. The summed E-state index contributed by atoms with van der Waals surface area (Å²) in [6, 6.07) is 9.85. The van der Waals surface area contributed by atoms with Gasteiger partial charge in [0.25, 0.3) is 5.89 Å². The van der Waals surface area contributed by atoms with Crippen molar-refractivity contribution >= 4 is 0 Å². The SMILES string of the molecule is COC[C@H](N[C@@H](C)c1noc(-c2ccccc2)n1)[C@@H]1CCCO1. The lowest BCUT2D eigenvalue weighted by atomic mass is 10.1. The van der Waals surface area contributed by atoms with Crippen molar-refractivity contribution < 1.29 is 14.0 Å². The summed E-state index contributed by atoms with van der Waals surface area (Å²) >= 11 is 0. The zero-order valence-corrected chi connectivity index (χ0v) is 13.6. The molecule has 1 aromatic carbocycles. The number of rotatable bonds is 7. The lowest BCUT2D eigenvalue weighted by Crippen LogP contribution is -2.44. The zero-order chi connectivity index (χ0) is 16.1. The zero-order valence-electron chi connectivity index (χ0n) is 13.6. The van der Waals surface area contributed by atoms with E-state index in [4.69, 9.17) is 14.0 Å². The molecular weight excluding hydrogens is 294 g/mol. The first-order valence-corrected chi connectivity index (χ1v) is 8.03. The van der Waals surface area contributed by atoms with Gasteiger partial charge in [0, 0.05) is 19.3 Å². The summed E-state index contributed by atoms with van der Waals surface area (Å²) in [5.74, 6) is 1.18. The van der Waals surface area contributed by atoms with Gasteiger partial charge in [0.15, 0.2) is 5.82 Å². The average molecular weight is 317 g/mol. The third kappa shape index (κ3) is 3.96. The highest BCUT2D eigenvalue weighted by Gasteiger charge is 2.28. The quantitative estimate of drug-likeness (QED) is 0.846. The van der Waals surface area contributed by atoms with Crippen molar-refractivity contribution in [2.24, 2.45) is 0 Å². The van der Waals surface area contributed by atoms with E-state index in [0.717, 1.165) is 25.0 Å². The smallest absolute Gasteiger partial charge is 0.257 e. The van der Waals surface area contributed by atoms with E-state index < -0.39 is 0 Å². The van der Waals surface area contributed by atoms with Gasteiger partial charge in [-0.3, -0.25) is 5.32 Å². The highest BCUT2D eigenvalue weighted by Crippen LogP contribution is 2.21. The number of hydrogen-bond donors (Lipinski definition) is 1. The highest BCUT2D eigenvalue weighted by atomic mass is 16.5. The van der Waals surface area contributed by atoms with Crippen LogP contribution < -0.4 is 5.32 Å². The van der Waals surface area contributed by atoms with Gasteiger partial charge in [0.1, 0.15) is 0 Å². The largest absolute Gasteiger partial charge is 0.383 e. The molecule has 3 rings (SSSR count). The van der Waals surface area contributed by atoms with Crippen molar-refractivity contribution in [3.05, 3.63) is 36.2 Å². The second-order valence-electron chi connectivity index (χ2n) is 5.83. The lowest BCUT2D eigenvalue weighted by molar-refractivity contribution is 0.0392. The Hall–Kier alpha value is -1.76. The van der Waals surface area contributed by atoms with Gasteiger partial charge in [-0.2, -0.15) is 4.98 Å².